The predicted octanol–water partition coefficient (Wildman–Crippen LogP) is 1.87. The van der Waals surface area contributed by atoms with Gasteiger partial charge in [-0.25, -0.2) is 0 Å². The van der Waals surface area contributed by atoms with Gasteiger partial charge in [0, 0.05) is 5.92 Å². The Kier molecular flexibility index (Phi) is 0.696. The van der Waals surface area contributed by atoms with Gasteiger partial charge in [0.2, 0.25) is 0 Å². The molecule has 2 rings (SSSR count). The molecule has 0 aromatic carbocycles. The van der Waals surface area contributed by atoms with Gasteiger partial charge in [0.1, 0.15) is 0 Å². The Balaban J connectivity index is 2.39. The van der Waals surface area contributed by atoms with Crippen LogP contribution in [0, 0.1) is 12.3 Å². The zero-order chi connectivity index (χ0) is 5.40. The van der Waals surface area contributed by atoms with Gasteiger partial charge >= 0.3 is 0 Å². The van der Waals surface area contributed by atoms with Crippen LogP contribution in [0.4, 0.5) is 0 Å². The Morgan fingerprint density at radius 1 is 1.25 bits per heavy atom. The lowest BCUT2D eigenvalue weighted by atomic mass is 10.1. The maximum absolute atomic E-state index is 2.20. The summed E-state index contributed by atoms with van der Waals surface area (Å²) in [4.78, 5) is 0. The molecule has 0 amide bonds. The summed E-state index contributed by atoms with van der Waals surface area (Å²) in [6.07, 6.45) is 12.9. The molecule has 0 bridgehead atoms. The molecule has 0 aliphatic heterocycles. The van der Waals surface area contributed by atoms with E-state index in [4.69, 9.17) is 0 Å². The van der Waals surface area contributed by atoms with E-state index in [1.807, 2.05) is 0 Å². The minimum absolute atomic E-state index is 0.620. The summed E-state index contributed by atoms with van der Waals surface area (Å²) in [6.45, 7) is 0. The van der Waals surface area contributed by atoms with Gasteiger partial charge in [-0.1, -0.05) is 30.4 Å². The lowest BCUT2D eigenvalue weighted by Gasteiger charge is -1.96. The first-order valence-corrected chi connectivity index (χ1v) is 2.87. The maximum atomic E-state index is 2.20. The highest BCUT2D eigenvalue weighted by atomic mass is 14.2. The zero-order valence-electron chi connectivity index (χ0n) is 4.54. The molecule has 0 spiro atoms. The van der Waals surface area contributed by atoms with Crippen LogP contribution in [0.2, 0.25) is 0 Å². The molecule has 39 valence electrons. The molecule has 8 heavy (non-hydrogen) atoms. The third-order valence-corrected chi connectivity index (χ3v) is 1.60. The molecular formula is C8H7. The van der Waals surface area contributed by atoms with E-state index in [-0.39, 0.29) is 0 Å². The Bertz CT molecular complexity index is 182. The zero-order valence-corrected chi connectivity index (χ0v) is 4.54. The van der Waals surface area contributed by atoms with E-state index in [0.717, 1.165) is 0 Å². The van der Waals surface area contributed by atoms with Gasteiger partial charge in [-0.3, -0.25) is 0 Å². The fourth-order valence-corrected chi connectivity index (χ4v) is 1.14. The lowest BCUT2D eigenvalue weighted by molar-refractivity contribution is 1.01. The van der Waals surface area contributed by atoms with Crippen molar-refractivity contribution in [1.29, 1.82) is 0 Å². The van der Waals surface area contributed by atoms with Crippen molar-refractivity contribution in [3.8, 4) is 0 Å². The molecule has 0 fully saturated rings. The summed E-state index contributed by atoms with van der Waals surface area (Å²) in [5.41, 5.74) is 1.44. The first kappa shape index (κ1) is 4.13. The Labute approximate surface area is 49.2 Å². The van der Waals surface area contributed by atoms with E-state index < -0.39 is 0 Å². The lowest BCUT2D eigenvalue weighted by Crippen LogP contribution is -1.86. The normalized spacial score (nSPS) is 31.0. The van der Waals surface area contributed by atoms with Gasteiger partial charge in [0.25, 0.3) is 0 Å². The summed E-state index contributed by atoms with van der Waals surface area (Å²) in [7, 11) is 0. The average Bonchev–Trinajstić information content (AvgIpc) is 2.15. The van der Waals surface area contributed by atoms with Crippen molar-refractivity contribution >= 4 is 0 Å². The van der Waals surface area contributed by atoms with Crippen molar-refractivity contribution in [2.24, 2.45) is 5.92 Å². The molecule has 2 aliphatic carbocycles. The summed E-state index contributed by atoms with van der Waals surface area (Å²) < 4.78 is 0. The molecular weight excluding hydrogens is 96.1 g/mol. The van der Waals surface area contributed by atoms with Crippen LogP contribution in [0.1, 0.15) is 0 Å². The predicted molar refractivity (Wildman–Crippen MR) is 34.2 cm³/mol. The van der Waals surface area contributed by atoms with Crippen LogP contribution in [0.3, 0.4) is 0 Å². The minimum atomic E-state index is 0.620. The maximum Gasteiger partial charge on any atom is 0.00899 e. The summed E-state index contributed by atoms with van der Waals surface area (Å²) in [5.74, 6) is 0.620. The van der Waals surface area contributed by atoms with Crippen LogP contribution in [0.15, 0.2) is 36.0 Å². The van der Waals surface area contributed by atoms with Crippen LogP contribution < -0.4 is 0 Å². The largest absolute Gasteiger partial charge is 0.0796 e. The first-order valence-electron chi connectivity index (χ1n) is 2.87. The highest BCUT2D eigenvalue weighted by molar-refractivity contribution is 5.44. The van der Waals surface area contributed by atoms with Gasteiger partial charge in [-0.05, 0) is 12.0 Å². The Morgan fingerprint density at radius 2 is 2.25 bits per heavy atom. The molecule has 0 heterocycles. The fourth-order valence-electron chi connectivity index (χ4n) is 1.14. The number of rotatable bonds is 0. The SMILES string of the molecule is [CH]1C=CC2=CC=CC12. The van der Waals surface area contributed by atoms with Crippen molar-refractivity contribution < 1.29 is 0 Å². The number of allylic oxidation sites excluding steroid dienone is 6. The topological polar surface area (TPSA) is 0 Å². The van der Waals surface area contributed by atoms with E-state index in [0.29, 0.717) is 5.92 Å². The minimum Gasteiger partial charge on any atom is -0.0796 e. The highest BCUT2D eigenvalue weighted by Gasteiger charge is 2.14. The van der Waals surface area contributed by atoms with Gasteiger partial charge in [0.15, 0.2) is 0 Å². The number of fused-ring (bicyclic) bond motifs is 1. The quantitative estimate of drug-likeness (QED) is 0.439. The second-order valence-corrected chi connectivity index (χ2v) is 2.13. The fraction of sp³-hybridized carbons (Fsp3) is 0.125. The molecule has 0 saturated heterocycles. The van der Waals surface area contributed by atoms with Crippen LogP contribution in [0.5, 0.6) is 0 Å². The van der Waals surface area contributed by atoms with Crippen molar-refractivity contribution in [2.45, 2.75) is 0 Å². The van der Waals surface area contributed by atoms with Crippen molar-refractivity contribution in [2.75, 3.05) is 0 Å². The molecule has 1 unspecified atom stereocenters. The molecule has 2 aliphatic rings. The van der Waals surface area contributed by atoms with Crippen LogP contribution in [0.25, 0.3) is 0 Å². The van der Waals surface area contributed by atoms with E-state index in [1.54, 1.807) is 0 Å². The molecule has 0 heteroatoms. The van der Waals surface area contributed by atoms with Gasteiger partial charge in [-0.15, -0.1) is 0 Å². The van der Waals surface area contributed by atoms with Gasteiger partial charge < -0.3 is 0 Å². The van der Waals surface area contributed by atoms with Gasteiger partial charge in [-0.2, -0.15) is 0 Å². The van der Waals surface area contributed by atoms with Crippen LogP contribution >= 0.6 is 0 Å². The van der Waals surface area contributed by atoms with Crippen molar-refractivity contribution in [3.63, 3.8) is 0 Å². The second kappa shape index (κ2) is 1.35. The summed E-state index contributed by atoms with van der Waals surface area (Å²) in [5, 5.41) is 0. The monoisotopic (exact) mass is 103 g/mol. The van der Waals surface area contributed by atoms with E-state index >= 15 is 0 Å². The molecule has 0 aromatic rings. The Hall–Kier alpha value is -0.780. The molecule has 0 aromatic heterocycles. The standard InChI is InChI=1S/C8H7/c1-3-7-5-2-6-8(7)4-1/h1-7H. The number of hydrogen-bond acceptors (Lipinski definition) is 0. The molecule has 0 saturated carbocycles. The van der Waals surface area contributed by atoms with Crippen molar-refractivity contribution in [1.82, 2.24) is 0 Å². The average molecular weight is 103 g/mol. The molecule has 1 atom stereocenters. The smallest absolute Gasteiger partial charge is 0.00899 e. The van der Waals surface area contributed by atoms with E-state index in [9.17, 15) is 0 Å². The van der Waals surface area contributed by atoms with Crippen molar-refractivity contribution in [3.05, 3.63) is 42.4 Å². The summed E-state index contributed by atoms with van der Waals surface area (Å²) in [6, 6.07) is 0. The first-order chi connectivity index (χ1) is 3.97. The third kappa shape index (κ3) is 0.401. The second-order valence-electron chi connectivity index (χ2n) is 2.13. The summed E-state index contributed by atoms with van der Waals surface area (Å²) >= 11 is 0. The van der Waals surface area contributed by atoms with E-state index in [1.165, 1.54) is 5.57 Å². The number of hydrogen-bond donors (Lipinski definition) is 0. The highest BCUT2D eigenvalue weighted by Crippen LogP contribution is 2.28. The molecule has 0 nitrogen and oxygen atoms in total. The van der Waals surface area contributed by atoms with E-state index in [2.05, 4.69) is 36.8 Å². The molecule has 0 N–H and O–H groups in total. The van der Waals surface area contributed by atoms with Gasteiger partial charge in [0.05, 0.1) is 0 Å². The van der Waals surface area contributed by atoms with Crippen LogP contribution in [-0.2, 0) is 0 Å². The molecule has 1 radical (unpaired) electrons. The van der Waals surface area contributed by atoms with Crippen LogP contribution in [-0.4, -0.2) is 0 Å². The Morgan fingerprint density at radius 3 is 3.12 bits per heavy atom. The third-order valence-electron chi connectivity index (χ3n) is 1.60.